The third-order valence-corrected chi connectivity index (χ3v) is 4.26. The number of carbonyl (C=O) groups is 1. The molecule has 3 rings (SSSR count). The summed E-state index contributed by atoms with van der Waals surface area (Å²) in [6.07, 6.45) is 2.68. The van der Waals surface area contributed by atoms with Gasteiger partial charge in [-0.3, -0.25) is 4.79 Å². The molecule has 0 radical (unpaired) electrons. The first-order valence-corrected chi connectivity index (χ1v) is 7.97. The highest BCUT2D eigenvalue weighted by Crippen LogP contribution is 2.21. The first-order chi connectivity index (χ1) is 10.6. The van der Waals surface area contributed by atoms with Gasteiger partial charge in [0.1, 0.15) is 11.9 Å². The SMILES string of the molecule is Cc1cc(OC2CCN(C(=O)C3CCOC3)CC2)nc(C)n1. The normalized spacial score (nSPS) is 22.8. The number of likely N-dealkylation sites (tertiary alicyclic amines) is 1. The predicted molar refractivity (Wildman–Crippen MR) is 80.7 cm³/mol. The Labute approximate surface area is 130 Å². The lowest BCUT2D eigenvalue weighted by molar-refractivity contribution is -0.137. The van der Waals surface area contributed by atoms with E-state index in [1.165, 1.54) is 0 Å². The van der Waals surface area contributed by atoms with Crippen LogP contribution >= 0.6 is 0 Å². The summed E-state index contributed by atoms with van der Waals surface area (Å²) in [6, 6.07) is 1.86. The number of hydrogen-bond acceptors (Lipinski definition) is 5. The van der Waals surface area contributed by atoms with Crippen LogP contribution in [0.25, 0.3) is 0 Å². The van der Waals surface area contributed by atoms with Crippen LogP contribution in [-0.2, 0) is 9.53 Å². The quantitative estimate of drug-likeness (QED) is 0.847. The van der Waals surface area contributed by atoms with Gasteiger partial charge in [-0.15, -0.1) is 0 Å². The standard InChI is InChI=1S/C16H23N3O3/c1-11-9-15(18-12(2)17-11)22-14-3-6-19(7-4-14)16(20)13-5-8-21-10-13/h9,13-14H,3-8,10H2,1-2H3. The number of carbonyl (C=O) groups excluding carboxylic acids is 1. The zero-order chi connectivity index (χ0) is 15.5. The smallest absolute Gasteiger partial charge is 0.228 e. The molecule has 2 fully saturated rings. The van der Waals surface area contributed by atoms with Gasteiger partial charge in [0, 0.05) is 44.3 Å². The Morgan fingerprint density at radius 3 is 2.68 bits per heavy atom. The Morgan fingerprint density at radius 2 is 2.05 bits per heavy atom. The predicted octanol–water partition coefficient (Wildman–Crippen LogP) is 1.50. The molecule has 0 aromatic carbocycles. The number of piperidine rings is 1. The van der Waals surface area contributed by atoms with Crippen molar-refractivity contribution in [1.29, 1.82) is 0 Å². The van der Waals surface area contributed by atoms with Crippen molar-refractivity contribution in [3.8, 4) is 5.88 Å². The van der Waals surface area contributed by atoms with Gasteiger partial charge in [-0.25, -0.2) is 4.98 Å². The Morgan fingerprint density at radius 1 is 1.27 bits per heavy atom. The second kappa shape index (κ2) is 6.60. The number of ether oxygens (including phenoxy) is 2. The summed E-state index contributed by atoms with van der Waals surface area (Å²) in [5.41, 5.74) is 0.913. The topological polar surface area (TPSA) is 64.5 Å². The molecule has 0 aliphatic carbocycles. The van der Waals surface area contributed by atoms with Crippen molar-refractivity contribution in [2.75, 3.05) is 26.3 Å². The third kappa shape index (κ3) is 3.55. The minimum atomic E-state index is 0.0598. The van der Waals surface area contributed by atoms with E-state index in [9.17, 15) is 4.79 Å². The number of amides is 1. The van der Waals surface area contributed by atoms with Crippen molar-refractivity contribution in [3.05, 3.63) is 17.6 Å². The van der Waals surface area contributed by atoms with Gasteiger partial charge in [0.2, 0.25) is 11.8 Å². The zero-order valence-corrected chi connectivity index (χ0v) is 13.2. The van der Waals surface area contributed by atoms with E-state index in [4.69, 9.17) is 9.47 Å². The van der Waals surface area contributed by atoms with Crippen molar-refractivity contribution >= 4 is 5.91 Å². The first-order valence-electron chi connectivity index (χ1n) is 7.97. The van der Waals surface area contributed by atoms with Gasteiger partial charge >= 0.3 is 0 Å². The van der Waals surface area contributed by atoms with Crippen molar-refractivity contribution in [3.63, 3.8) is 0 Å². The number of rotatable bonds is 3. The highest BCUT2D eigenvalue weighted by Gasteiger charge is 2.31. The van der Waals surface area contributed by atoms with Crippen molar-refractivity contribution < 1.29 is 14.3 Å². The fourth-order valence-electron chi connectivity index (χ4n) is 3.10. The molecule has 2 aliphatic rings. The van der Waals surface area contributed by atoms with E-state index < -0.39 is 0 Å². The highest BCUT2D eigenvalue weighted by molar-refractivity contribution is 5.79. The number of nitrogens with zero attached hydrogens (tertiary/aromatic N) is 3. The van der Waals surface area contributed by atoms with Crippen LogP contribution in [-0.4, -0.2) is 53.2 Å². The monoisotopic (exact) mass is 305 g/mol. The fourth-order valence-corrected chi connectivity index (χ4v) is 3.10. The lowest BCUT2D eigenvalue weighted by atomic mass is 10.0. The molecule has 1 atom stereocenters. The Kier molecular flexibility index (Phi) is 4.57. The molecule has 6 nitrogen and oxygen atoms in total. The summed E-state index contributed by atoms with van der Waals surface area (Å²) >= 11 is 0. The van der Waals surface area contributed by atoms with Gasteiger partial charge in [0.25, 0.3) is 0 Å². The molecule has 0 spiro atoms. The maximum absolute atomic E-state index is 12.3. The molecule has 2 aliphatic heterocycles. The Hall–Kier alpha value is -1.69. The van der Waals surface area contributed by atoms with Crippen LogP contribution in [0, 0.1) is 19.8 Å². The van der Waals surface area contributed by atoms with Crippen LogP contribution in [0.4, 0.5) is 0 Å². The van der Waals surface area contributed by atoms with Gasteiger partial charge in [0.05, 0.1) is 12.5 Å². The third-order valence-electron chi connectivity index (χ3n) is 4.26. The molecule has 2 saturated heterocycles. The largest absolute Gasteiger partial charge is 0.474 e. The van der Waals surface area contributed by atoms with Crippen LogP contribution in [0.5, 0.6) is 5.88 Å². The number of aryl methyl sites for hydroxylation is 2. The minimum Gasteiger partial charge on any atom is -0.474 e. The Bertz CT molecular complexity index is 515. The molecular weight excluding hydrogens is 282 g/mol. The van der Waals surface area contributed by atoms with E-state index in [0.717, 1.165) is 43.9 Å². The molecule has 6 heteroatoms. The lowest BCUT2D eigenvalue weighted by Gasteiger charge is -2.33. The van der Waals surface area contributed by atoms with E-state index >= 15 is 0 Å². The van der Waals surface area contributed by atoms with Crippen LogP contribution in [0.2, 0.25) is 0 Å². The molecular formula is C16H23N3O3. The van der Waals surface area contributed by atoms with Gasteiger partial charge in [-0.1, -0.05) is 0 Å². The van der Waals surface area contributed by atoms with Crippen LogP contribution in [0.3, 0.4) is 0 Å². The average molecular weight is 305 g/mol. The fraction of sp³-hybridized carbons (Fsp3) is 0.688. The van der Waals surface area contributed by atoms with Gasteiger partial charge in [0.15, 0.2) is 0 Å². The maximum atomic E-state index is 12.3. The molecule has 22 heavy (non-hydrogen) atoms. The van der Waals surface area contributed by atoms with E-state index in [-0.39, 0.29) is 17.9 Å². The summed E-state index contributed by atoms with van der Waals surface area (Å²) in [4.78, 5) is 22.9. The molecule has 1 amide bonds. The highest BCUT2D eigenvalue weighted by atomic mass is 16.5. The molecule has 1 aromatic rings. The maximum Gasteiger partial charge on any atom is 0.228 e. The summed E-state index contributed by atoms with van der Waals surface area (Å²) in [7, 11) is 0. The molecule has 0 N–H and O–H groups in total. The second-order valence-corrected chi connectivity index (χ2v) is 6.10. The van der Waals surface area contributed by atoms with Gasteiger partial charge < -0.3 is 14.4 Å². The minimum absolute atomic E-state index is 0.0598. The van der Waals surface area contributed by atoms with Crippen LogP contribution in [0.15, 0.2) is 6.07 Å². The van der Waals surface area contributed by atoms with E-state index in [2.05, 4.69) is 9.97 Å². The molecule has 0 bridgehead atoms. The lowest BCUT2D eigenvalue weighted by Crippen LogP contribution is -2.44. The summed E-state index contributed by atoms with van der Waals surface area (Å²) in [6.45, 7) is 6.60. The average Bonchev–Trinajstić information content (AvgIpc) is 3.00. The van der Waals surface area contributed by atoms with Crippen molar-refractivity contribution in [1.82, 2.24) is 14.9 Å². The summed E-state index contributed by atoms with van der Waals surface area (Å²) in [5.74, 6) is 1.66. The molecule has 120 valence electrons. The van der Waals surface area contributed by atoms with Crippen molar-refractivity contribution in [2.45, 2.75) is 39.2 Å². The summed E-state index contributed by atoms with van der Waals surface area (Å²) in [5, 5.41) is 0. The second-order valence-electron chi connectivity index (χ2n) is 6.10. The summed E-state index contributed by atoms with van der Waals surface area (Å²) < 4.78 is 11.3. The van der Waals surface area contributed by atoms with E-state index in [1.807, 2.05) is 24.8 Å². The van der Waals surface area contributed by atoms with Crippen LogP contribution < -0.4 is 4.74 Å². The first kappa shape index (κ1) is 15.2. The number of aromatic nitrogens is 2. The van der Waals surface area contributed by atoms with Gasteiger partial charge in [-0.2, -0.15) is 4.98 Å². The van der Waals surface area contributed by atoms with Crippen LogP contribution in [0.1, 0.15) is 30.8 Å². The Balaban J connectivity index is 1.52. The number of hydrogen-bond donors (Lipinski definition) is 0. The molecule has 3 heterocycles. The van der Waals surface area contributed by atoms with E-state index in [1.54, 1.807) is 0 Å². The zero-order valence-electron chi connectivity index (χ0n) is 13.2. The van der Waals surface area contributed by atoms with Crippen molar-refractivity contribution in [2.24, 2.45) is 5.92 Å². The molecule has 1 unspecified atom stereocenters. The van der Waals surface area contributed by atoms with E-state index in [0.29, 0.717) is 19.1 Å². The molecule has 0 saturated carbocycles. The molecule has 1 aromatic heterocycles. The van der Waals surface area contributed by atoms with Gasteiger partial charge in [-0.05, 0) is 20.3 Å².